The zero-order chi connectivity index (χ0) is 26.6. The van der Waals surface area contributed by atoms with Crippen LogP contribution in [0, 0.1) is 6.92 Å². The van der Waals surface area contributed by atoms with E-state index >= 15 is 0 Å². The molecule has 0 radical (unpaired) electrons. The van der Waals surface area contributed by atoms with Gasteiger partial charge in [-0.3, -0.25) is 4.79 Å². The standard InChI is InChI=1S/C26H35NO4S.C4H9N/c1-19(2)30-26(29)25-24(20(3)18-32-25)27-23(28)17-22(31-15-9-4-5-10-16-31)14-13-21-11-7-6-8-12-21;1-5-3-2-4-5/h6-8,11-12,18-19,22H,4-5,9-10,13-17H2,1-3H3;2-4H2,1H3/p+1. The highest BCUT2D eigenvalue weighted by Crippen LogP contribution is 2.30. The third-order valence-corrected chi connectivity index (χ3v) is 7.97. The number of benzene rings is 1. The Morgan fingerprint density at radius 3 is 2.27 bits per heavy atom. The van der Waals surface area contributed by atoms with Crippen LogP contribution in [0.25, 0.3) is 0 Å². The number of ether oxygens (including phenoxy) is 1. The van der Waals surface area contributed by atoms with Gasteiger partial charge in [-0.15, -0.1) is 11.3 Å². The largest absolute Gasteiger partial charge is 0.459 e. The Bertz CT molecular complexity index is 963. The van der Waals surface area contributed by atoms with Gasteiger partial charge in [0.2, 0.25) is 5.91 Å². The summed E-state index contributed by atoms with van der Waals surface area (Å²) in [4.78, 5) is 28.3. The number of esters is 1. The molecule has 1 N–H and O–H groups in total. The number of amides is 1. The second-order valence-corrected chi connectivity index (χ2v) is 11.4. The van der Waals surface area contributed by atoms with Crippen molar-refractivity contribution < 1.29 is 18.7 Å². The summed E-state index contributed by atoms with van der Waals surface area (Å²) in [7, 11) is 2.14. The van der Waals surface area contributed by atoms with Gasteiger partial charge in [0, 0.05) is 19.3 Å². The van der Waals surface area contributed by atoms with Crippen molar-refractivity contribution in [1.82, 2.24) is 4.90 Å². The van der Waals surface area contributed by atoms with E-state index in [4.69, 9.17) is 4.74 Å². The van der Waals surface area contributed by atoms with Crippen molar-refractivity contribution in [3.63, 3.8) is 0 Å². The van der Waals surface area contributed by atoms with Crippen LogP contribution in [0.3, 0.4) is 0 Å². The van der Waals surface area contributed by atoms with E-state index in [0.29, 0.717) is 17.0 Å². The number of nitrogens with one attached hydrogen (secondary N) is 1. The molecule has 1 amide bonds. The molecule has 204 valence electrons. The molecule has 2 aromatic rings. The van der Waals surface area contributed by atoms with Crippen LogP contribution < -0.4 is 5.32 Å². The predicted molar refractivity (Wildman–Crippen MR) is 153 cm³/mol. The first-order valence-corrected chi connectivity index (χ1v) is 14.7. The lowest BCUT2D eigenvalue weighted by atomic mass is 10.0. The van der Waals surface area contributed by atoms with Crippen LogP contribution >= 0.6 is 11.3 Å². The number of likely N-dealkylation sites (tertiary alicyclic amines) is 1. The number of hydrogen-bond donors (Lipinski definition) is 1. The molecule has 2 fully saturated rings. The predicted octanol–water partition coefficient (Wildman–Crippen LogP) is 6.40. The van der Waals surface area contributed by atoms with Crippen molar-refractivity contribution in [3.8, 4) is 0 Å². The zero-order valence-corrected chi connectivity index (χ0v) is 23.9. The number of aryl methyl sites for hydroxylation is 2. The van der Waals surface area contributed by atoms with Crippen molar-refractivity contribution in [2.75, 3.05) is 38.7 Å². The van der Waals surface area contributed by atoms with Crippen LogP contribution in [-0.4, -0.2) is 62.3 Å². The molecule has 2 aliphatic heterocycles. The number of nitrogens with zero attached hydrogens (tertiary/aromatic N) is 1. The Morgan fingerprint density at radius 2 is 1.70 bits per heavy atom. The van der Waals surface area contributed by atoms with E-state index < -0.39 is 0 Å². The molecule has 0 aliphatic carbocycles. The summed E-state index contributed by atoms with van der Waals surface area (Å²) in [5.41, 5.74) is 2.77. The van der Waals surface area contributed by atoms with E-state index in [1.807, 2.05) is 32.2 Å². The minimum absolute atomic E-state index is 0.0556. The molecule has 0 bridgehead atoms. The molecule has 2 saturated heterocycles. The topological polar surface area (TPSA) is 61.3 Å². The summed E-state index contributed by atoms with van der Waals surface area (Å²) in [6.07, 6.45) is 8.37. The molecule has 3 heterocycles. The summed E-state index contributed by atoms with van der Waals surface area (Å²) in [6, 6.07) is 10.4. The van der Waals surface area contributed by atoms with Crippen molar-refractivity contribution in [3.05, 3.63) is 51.7 Å². The Morgan fingerprint density at radius 1 is 1.05 bits per heavy atom. The maximum Gasteiger partial charge on any atom is 0.350 e. The maximum atomic E-state index is 13.1. The lowest BCUT2D eigenvalue weighted by Gasteiger charge is -2.27. The molecule has 4 rings (SSSR count). The lowest BCUT2D eigenvalue weighted by molar-refractivity contribution is -0.193. The normalized spacial score (nSPS) is 17.2. The average Bonchev–Trinajstić information content (AvgIpc) is 3.04. The Labute approximate surface area is 227 Å². The van der Waals surface area contributed by atoms with Gasteiger partial charge >= 0.3 is 5.97 Å². The third kappa shape index (κ3) is 9.87. The highest BCUT2D eigenvalue weighted by Gasteiger charge is 2.29. The fourth-order valence-electron chi connectivity index (χ4n) is 4.61. The number of thiophene rings is 1. The summed E-state index contributed by atoms with van der Waals surface area (Å²) >= 11 is 1.32. The highest BCUT2D eigenvalue weighted by molar-refractivity contribution is 7.12. The van der Waals surface area contributed by atoms with Crippen molar-refractivity contribution in [2.24, 2.45) is 0 Å². The monoisotopic (exact) mass is 529 g/mol. The number of anilines is 1. The molecule has 1 unspecified atom stereocenters. The smallest absolute Gasteiger partial charge is 0.350 e. The maximum absolute atomic E-state index is 13.1. The van der Waals surface area contributed by atoms with Crippen molar-refractivity contribution >= 4 is 28.9 Å². The molecular formula is C30H45N2O4S+. The molecule has 2 aliphatic rings. The fraction of sp³-hybridized carbons (Fsp3) is 0.600. The average molecular weight is 530 g/mol. The second kappa shape index (κ2) is 15.3. The quantitative estimate of drug-likeness (QED) is 0.302. The minimum Gasteiger partial charge on any atom is -0.459 e. The van der Waals surface area contributed by atoms with Gasteiger partial charge in [0.1, 0.15) is 18.1 Å². The van der Waals surface area contributed by atoms with Crippen molar-refractivity contribution in [2.45, 2.75) is 84.3 Å². The van der Waals surface area contributed by atoms with Gasteiger partial charge in [0.05, 0.1) is 18.2 Å². The summed E-state index contributed by atoms with van der Waals surface area (Å²) < 4.78 is 8.81. The van der Waals surface area contributed by atoms with Gasteiger partial charge in [-0.2, -0.15) is 0 Å². The molecule has 7 heteroatoms. The summed E-state index contributed by atoms with van der Waals surface area (Å²) in [5, 5.41) is 4.92. The van der Waals surface area contributed by atoms with E-state index in [1.165, 1.54) is 49.3 Å². The fourth-order valence-corrected chi connectivity index (χ4v) is 5.50. The van der Waals surface area contributed by atoms with Gasteiger partial charge in [-0.1, -0.05) is 30.3 Å². The number of carbonyl (C=O) groups excluding carboxylic acids is 2. The first-order chi connectivity index (χ1) is 17.8. The van der Waals surface area contributed by atoms with E-state index in [0.717, 1.165) is 44.5 Å². The SMILES string of the molecule is CN1CCC1.Cc1csc(C(=O)OC(C)C)c1NC(=O)CC(CCc1ccccc1)[O+]1CCCCCC1. The molecule has 6 nitrogen and oxygen atoms in total. The second-order valence-electron chi connectivity index (χ2n) is 10.5. The Balaban J connectivity index is 0.000000678. The summed E-state index contributed by atoms with van der Waals surface area (Å²) in [6.45, 7) is 10.1. The van der Waals surface area contributed by atoms with Crippen molar-refractivity contribution in [1.29, 1.82) is 0 Å². The summed E-state index contributed by atoms with van der Waals surface area (Å²) in [5.74, 6) is -0.434. The van der Waals surface area contributed by atoms with Crippen LogP contribution in [0.5, 0.6) is 0 Å². The first kappa shape index (κ1) is 29.3. The van der Waals surface area contributed by atoms with Gasteiger partial charge in [-0.25, -0.2) is 4.79 Å². The van der Waals surface area contributed by atoms with E-state index in [9.17, 15) is 9.59 Å². The lowest BCUT2D eigenvalue weighted by Crippen LogP contribution is -2.33. The van der Waals surface area contributed by atoms with Crippen LogP contribution in [0.15, 0.2) is 35.7 Å². The number of rotatable bonds is 9. The van der Waals surface area contributed by atoms with Crippen LogP contribution in [-0.2, 0) is 20.3 Å². The Kier molecular flexibility index (Phi) is 12.1. The zero-order valence-electron chi connectivity index (χ0n) is 23.1. The molecule has 1 aromatic heterocycles. The molecule has 1 atom stereocenters. The molecule has 1 aromatic carbocycles. The molecular weight excluding hydrogens is 484 g/mol. The van der Waals surface area contributed by atoms with Gasteiger partial charge in [-0.05, 0) is 83.1 Å². The Hall–Kier alpha value is -2.22. The van der Waals surface area contributed by atoms with Gasteiger partial charge < -0.3 is 19.3 Å². The molecule has 37 heavy (non-hydrogen) atoms. The number of carbonyl (C=O) groups is 2. The highest BCUT2D eigenvalue weighted by atomic mass is 32.1. The van der Waals surface area contributed by atoms with Gasteiger partial charge in [0.25, 0.3) is 0 Å². The van der Waals surface area contributed by atoms with E-state index in [-0.39, 0.29) is 24.1 Å². The molecule has 0 spiro atoms. The van der Waals surface area contributed by atoms with Crippen LogP contribution in [0.2, 0.25) is 0 Å². The van der Waals surface area contributed by atoms with E-state index in [2.05, 4.69) is 45.9 Å². The minimum atomic E-state index is -0.379. The first-order valence-electron chi connectivity index (χ1n) is 13.8. The van der Waals surface area contributed by atoms with E-state index in [1.54, 1.807) is 0 Å². The molecule has 0 saturated carbocycles. The van der Waals surface area contributed by atoms with Crippen LogP contribution in [0.1, 0.15) is 79.6 Å². The number of hydrogen-bond acceptors (Lipinski definition) is 5. The van der Waals surface area contributed by atoms with Gasteiger partial charge in [0.15, 0.2) is 6.10 Å². The third-order valence-electron chi connectivity index (χ3n) is 6.89. The van der Waals surface area contributed by atoms with Crippen LogP contribution in [0.4, 0.5) is 5.69 Å².